The maximum atomic E-state index is 3.53. The number of hydrogen-bond donors (Lipinski definition) is 1. The monoisotopic (exact) mass is 234 g/mol. The second-order valence-electron chi connectivity index (χ2n) is 5.60. The topological polar surface area (TPSA) is 15.3 Å². The minimum atomic E-state index is 0. The van der Waals surface area contributed by atoms with Gasteiger partial charge in [0.1, 0.15) is 0 Å². The Labute approximate surface area is 101 Å². The van der Waals surface area contributed by atoms with Gasteiger partial charge in [-0.2, -0.15) is 0 Å². The van der Waals surface area contributed by atoms with Crippen molar-refractivity contribution in [1.29, 1.82) is 0 Å². The van der Waals surface area contributed by atoms with Crippen molar-refractivity contribution in [3.8, 4) is 0 Å². The van der Waals surface area contributed by atoms with Crippen molar-refractivity contribution in [2.75, 3.05) is 26.2 Å². The van der Waals surface area contributed by atoms with E-state index in [2.05, 4.69) is 37.9 Å². The van der Waals surface area contributed by atoms with Crippen LogP contribution in [0.25, 0.3) is 0 Å². The molecule has 0 aromatic carbocycles. The van der Waals surface area contributed by atoms with Crippen molar-refractivity contribution < 1.29 is 0 Å². The Balaban J connectivity index is 0.00000196. The van der Waals surface area contributed by atoms with Crippen molar-refractivity contribution in [3.63, 3.8) is 0 Å². The average molecular weight is 235 g/mol. The van der Waals surface area contributed by atoms with Gasteiger partial charge in [0.2, 0.25) is 0 Å². The summed E-state index contributed by atoms with van der Waals surface area (Å²) in [6, 6.07) is 0.913. The van der Waals surface area contributed by atoms with E-state index >= 15 is 0 Å². The molecule has 0 heterocycles. The smallest absolute Gasteiger partial charge is 0.0110 e. The Morgan fingerprint density at radius 2 is 1.87 bits per heavy atom. The zero-order chi connectivity index (χ0) is 10.6. The molecule has 1 aliphatic carbocycles. The van der Waals surface area contributed by atoms with Crippen LogP contribution in [-0.4, -0.2) is 37.1 Å². The fourth-order valence-electron chi connectivity index (χ4n) is 1.72. The van der Waals surface area contributed by atoms with Crippen LogP contribution in [0.5, 0.6) is 0 Å². The van der Waals surface area contributed by atoms with Crippen LogP contribution in [0.2, 0.25) is 0 Å². The van der Waals surface area contributed by atoms with Crippen LogP contribution in [-0.2, 0) is 0 Å². The van der Waals surface area contributed by atoms with Gasteiger partial charge < -0.3 is 5.32 Å². The molecule has 0 aromatic heterocycles. The number of nitrogens with zero attached hydrogens (tertiary/aromatic N) is 1. The standard InChI is InChI=1S/C12H26N2.ClH/c1-5-14(11-6-7-11)9-8-13-10-12(2,3)4;/h11,13H,5-10H2,1-4H3;1H. The molecular weight excluding hydrogens is 208 g/mol. The lowest BCUT2D eigenvalue weighted by atomic mass is 9.97. The molecule has 3 heteroatoms. The number of hydrogen-bond acceptors (Lipinski definition) is 2. The molecule has 0 atom stereocenters. The molecule has 1 saturated carbocycles. The molecule has 1 N–H and O–H groups in total. The quantitative estimate of drug-likeness (QED) is 0.711. The van der Waals surface area contributed by atoms with E-state index in [1.807, 2.05) is 0 Å². The number of rotatable bonds is 6. The van der Waals surface area contributed by atoms with E-state index in [1.165, 1.54) is 25.9 Å². The van der Waals surface area contributed by atoms with Crippen molar-refractivity contribution in [3.05, 3.63) is 0 Å². The van der Waals surface area contributed by atoms with E-state index in [0.717, 1.165) is 19.1 Å². The van der Waals surface area contributed by atoms with E-state index in [9.17, 15) is 0 Å². The molecule has 0 amide bonds. The minimum Gasteiger partial charge on any atom is -0.315 e. The largest absolute Gasteiger partial charge is 0.315 e. The second kappa shape index (κ2) is 6.72. The average Bonchev–Trinajstić information content (AvgIpc) is 2.86. The zero-order valence-corrected chi connectivity index (χ0v) is 11.5. The van der Waals surface area contributed by atoms with Gasteiger partial charge in [0.05, 0.1) is 0 Å². The first-order valence-corrected chi connectivity index (χ1v) is 5.97. The predicted octanol–water partition coefficient (Wildman–Crippen LogP) is 2.53. The molecule has 1 rings (SSSR count). The van der Waals surface area contributed by atoms with Crippen LogP contribution < -0.4 is 5.32 Å². The lowest BCUT2D eigenvalue weighted by Gasteiger charge is -2.22. The second-order valence-corrected chi connectivity index (χ2v) is 5.60. The van der Waals surface area contributed by atoms with Gasteiger partial charge in [0, 0.05) is 25.7 Å². The molecule has 1 fully saturated rings. The van der Waals surface area contributed by atoms with E-state index in [1.54, 1.807) is 0 Å². The third-order valence-corrected chi connectivity index (χ3v) is 2.70. The lowest BCUT2D eigenvalue weighted by molar-refractivity contribution is 0.269. The van der Waals surface area contributed by atoms with Crippen molar-refractivity contribution >= 4 is 12.4 Å². The summed E-state index contributed by atoms with van der Waals surface area (Å²) in [5.41, 5.74) is 0.413. The SMILES string of the molecule is CCN(CCNCC(C)(C)C)C1CC1.Cl. The Kier molecular flexibility index (Phi) is 6.81. The summed E-state index contributed by atoms with van der Waals surface area (Å²) in [4.78, 5) is 2.59. The highest BCUT2D eigenvalue weighted by atomic mass is 35.5. The van der Waals surface area contributed by atoms with E-state index in [0.29, 0.717) is 5.41 Å². The first kappa shape index (κ1) is 15.2. The number of nitrogens with one attached hydrogen (secondary N) is 1. The third-order valence-electron chi connectivity index (χ3n) is 2.70. The normalized spacial score (nSPS) is 16.6. The molecule has 15 heavy (non-hydrogen) atoms. The van der Waals surface area contributed by atoms with Crippen LogP contribution >= 0.6 is 12.4 Å². The fourth-order valence-corrected chi connectivity index (χ4v) is 1.72. The van der Waals surface area contributed by atoms with Crippen LogP contribution in [0.15, 0.2) is 0 Å². The van der Waals surface area contributed by atoms with Crippen LogP contribution in [0.1, 0.15) is 40.5 Å². The zero-order valence-electron chi connectivity index (χ0n) is 10.7. The molecule has 0 spiro atoms. The van der Waals surface area contributed by atoms with Crippen molar-refractivity contribution in [1.82, 2.24) is 10.2 Å². The third kappa shape index (κ3) is 7.15. The van der Waals surface area contributed by atoms with Crippen LogP contribution in [0.4, 0.5) is 0 Å². The highest BCUT2D eigenvalue weighted by Gasteiger charge is 2.27. The summed E-state index contributed by atoms with van der Waals surface area (Å²) in [5.74, 6) is 0. The molecule has 0 aliphatic heterocycles. The Morgan fingerprint density at radius 1 is 1.27 bits per heavy atom. The van der Waals surface area contributed by atoms with Gasteiger partial charge in [0.15, 0.2) is 0 Å². The number of likely N-dealkylation sites (N-methyl/N-ethyl adjacent to an activating group) is 1. The molecule has 0 aromatic rings. The van der Waals surface area contributed by atoms with Gasteiger partial charge in [-0.05, 0) is 24.8 Å². The van der Waals surface area contributed by atoms with Crippen LogP contribution in [0.3, 0.4) is 0 Å². The minimum absolute atomic E-state index is 0. The molecular formula is C12H27ClN2. The van der Waals surface area contributed by atoms with Gasteiger partial charge in [-0.3, -0.25) is 4.90 Å². The number of halogens is 1. The van der Waals surface area contributed by atoms with Crippen molar-refractivity contribution in [2.24, 2.45) is 5.41 Å². The molecule has 0 saturated heterocycles. The fraction of sp³-hybridized carbons (Fsp3) is 1.00. The maximum Gasteiger partial charge on any atom is 0.0110 e. The van der Waals surface area contributed by atoms with Crippen molar-refractivity contribution in [2.45, 2.75) is 46.6 Å². The summed E-state index contributed by atoms with van der Waals surface area (Å²) in [6.45, 7) is 13.8. The predicted molar refractivity (Wildman–Crippen MR) is 69.8 cm³/mol. The van der Waals surface area contributed by atoms with Gasteiger partial charge >= 0.3 is 0 Å². The first-order valence-electron chi connectivity index (χ1n) is 5.97. The summed E-state index contributed by atoms with van der Waals surface area (Å²) < 4.78 is 0. The molecule has 0 radical (unpaired) electrons. The summed E-state index contributed by atoms with van der Waals surface area (Å²) in [6.07, 6.45) is 2.85. The van der Waals surface area contributed by atoms with E-state index in [4.69, 9.17) is 0 Å². The first-order chi connectivity index (χ1) is 6.53. The van der Waals surface area contributed by atoms with Crippen LogP contribution in [0, 0.1) is 5.41 Å². The Hall–Kier alpha value is 0.210. The Morgan fingerprint density at radius 3 is 2.27 bits per heavy atom. The molecule has 2 nitrogen and oxygen atoms in total. The molecule has 0 bridgehead atoms. The highest BCUT2D eigenvalue weighted by molar-refractivity contribution is 5.85. The molecule has 92 valence electrons. The summed E-state index contributed by atoms with van der Waals surface area (Å²) in [7, 11) is 0. The summed E-state index contributed by atoms with van der Waals surface area (Å²) >= 11 is 0. The lowest BCUT2D eigenvalue weighted by Crippen LogP contribution is -2.36. The van der Waals surface area contributed by atoms with E-state index < -0.39 is 0 Å². The van der Waals surface area contributed by atoms with Gasteiger partial charge in [-0.25, -0.2) is 0 Å². The van der Waals surface area contributed by atoms with Gasteiger partial charge in [0.25, 0.3) is 0 Å². The highest BCUT2D eigenvalue weighted by Crippen LogP contribution is 2.25. The summed E-state index contributed by atoms with van der Waals surface area (Å²) in [5, 5.41) is 3.53. The molecule has 1 aliphatic rings. The Bertz CT molecular complexity index is 161. The van der Waals surface area contributed by atoms with E-state index in [-0.39, 0.29) is 12.4 Å². The molecule has 0 unspecified atom stereocenters. The van der Waals surface area contributed by atoms with Gasteiger partial charge in [-0.1, -0.05) is 27.7 Å². The maximum absolute atomic E-state index is 3.53. The van der Waals surface area contributed by atoms with Gasteiger partial charge in [-0.15, -0.1) is 12.4 Å².